The van der Waals surface area contributed by atoms with Gasteiger partial charge in [0.15, 0.2) is 14.1 Å². The van der Waals surface area contributed by atoms with E-state index in [0.29, 0.717) is 0 Å². The molecule has 0 radical (unpaired) electrons. The number of rotatable bonds is 8. The Kier molecular flexibility index (Phi) is 7.47. The SMILES string of the molecule is C=CC[C@H](O[Si](C)(C)C(C)(C)C)[C@@H]1[C@@H]2OC(C)(C)O[C@@H]2CN1C(c1ccccc1)c1ccccc1. The average molecular weight is 494 g/mol. The lowest BCUT2D eigenvalue weighted by Gasteiger charge is -2.45. The second-order valence-corrected chi connectivity index (χ2v) is 16.7. The number of fused-ring (bicyclic) bond motifs is 1. The smallest absolute Gasteiger partial charge is 0.192 e. The third-order valence-corrected chi connectivity index (χ3v) is 12.4. The Balaban J connectivity index is 1.80. The van der Waals surface area contributed by atoms with Crippen LogP contribution in [0.15, 0.2) is 73.3 Å². The molecule has 2 aliphatic heterocycles. The molecule has 0 saturated carbocycles. The van der Waals surface area contributed by atoms with Crippen molar-refractivity contribution in [2.75, 3.05) is 6.54 Å². The highest BCUT2D eigenvalue weighted by atomic mass is 28.4. The molecular weight excluding hydrogens is 450 g/mol. The van der Waals surface area contributed by atoms with Gasteiger partial charge in [0.2, 0.25) is 0 Å². The van der Waals surface area contributed by atoms with Crippen LogP contribution in [0.5, 0.6) is 0 Å². The maximum Gasteiger partial charge on any atom is 0.192 e. The molecule has 4 rings (SSSR count). The summed E-state index contributed by atoms with van der Waals surface area (Å²) in [4.78, 5) is 2.58. The van der Waals surface area contributed by atoms with E-state index in [2.05, 4.69) is 106 Å². The molecule has 0 unspecified atom stereocenters. The van der Waals surface area contributed by atoms with Crippen molar-refractivity contribution in [3.63, 3.8) is 0 Å². The van der Waals surface area contributed by atoms with E-state index in [1.54, 1.807) is 0 Å². The monoisotopic (exact) mass is 493 g/mol. The van der Waals surface area contributed by atoms with Gasteiger partial charge in [-0.25, -0.2) is 0 Å². The predicted octanol–water partition coefficient (Wildman–Crippen LogP) is 6.95. The lowest BCUT2D eigenvalue weighted by atomic mass is 9.94. The van der Waals surface area contributed by atoms with E-state index < -0.39 is 14.1 Å². The maximum absolute atomic E-state index is 7.15. The molecule has 190 valence electrons. The summed E-state index contributed by atoms with van der Waals surface area (Å²) < 4.78 is 20.2. The lowest BCUT2D eigenvalue weighted by Crippen LogP contribution is -2.54. The molecule has 0 bridgehead atoms. The first-order valence-corrected chi connectivity index (χ1v) is 15.8. The van der Waals surface area contributed by atoms with E-state index in [-0.39, 0.29) is 35.4 Å². The Morgan fingerprint density at radius 1 is 1.03 bits per heavy atom. The van der Waals surface area contributed by atoms with E-state index in [9.17, 15) is 0 Å². The second-order valence-electron chi connectivity index (χ2n) is 12.0. The quantitative estimate of drug-likeness (QED) is 0.294. The van der Waals surface area contributed by atoms with E-state index >= 15 is 0 Å². The fourth-order valence-corrected chi connectivity index (χ4v) is 6.68. The van der Waals surface area contributed by atoms with Crippen LogP contribution in [0, 0.1) is 0 Å². The molecule has 0 N–H and O–H groups in total. The number of hydrogen-bond acceptors (Lipinski definition) is 4. The van der Waals surface area contributed by atoms with Gasteiger partial charge in [-0.15, -0.1) is 6.58 Å². The van der Waals surface area contributed by atoms with Gasteiger partial charge in [-0.3, -0.25) is 4.90 Å². The van der Waals surface area contributed by atoms with E-state index in [0.717, 1.165) is 13.0 Å². The van der Waals surface area contributed by atoms with Gasteiger partial charge < -0.3 is 13.9 Å². The Hall–Kier alpha value is -1.76. The number of nitrogens with zero attached hydrogens (tertiary/aromatic N) is 1. The number of likely N-dealkylation sites (tertiary alicyclic amines) is 1. The Bertz CT molecular complexity index is 946. The third-order valence-electron chi connectivity index (χ3n) is 7.93. The van der Waals surface area contributed by atoms with Crippen molar-refractivity contribution in [1.29, 1.82) is 0 Å². The van der Waals surface area contributed by atoms with Gasteiger partial charge in [0.1, 0.15) is 12.2 Å². The number of hydrogen-bond donors (Lipinski definition) is 0. The molecule has 4 nitrogen and oxygen atoms in total. The van der Waals surface area contributed by atoms with E-state index in [1.807, 2.05) is 19.9 Å². The van der Waals surface area contributed by atoms with Crippen molar-refractivity contribution in [2.45, 2.75) is 95.4 Å². The first kappa shape index (κ1) is 26.3. The summed E-state index contributed by atoms with van der Waals surface area (Å²) in [5.74, 6) is -0.593. The molecule has 0 amide bonds. The molecule has 5 heteroatoms. The predicted molar refractivity (Wildman–Crippen MR) is 146 cm³/mol. The minimum atomic E-state index is -2.05. The summed E-state index contributed by atoms with van der Waals surface area (Å²) in [7, 11) is -2.05. The molecule has 0 aliphatic carbocycles. The van der Waals surface area contributed by atoms with Gasteiger partial charge in [0.25, 0.3) is 0 Å². The van der Waals surface area contributed by atoms with Gasteiger partial charge >= 0.3 is 0 Å². The molecular formula is C30H43NO3Si. The van der Waals surface area contributed by atoms with E-state index in [1.165, 1.54) is 11.1 Å². The molecule has 35 heavy (non-hydrogen) atoms. The van der Waals surface area contributed by atoms with Crippen molar-refractivity contribution in [2.24, 2.45) is 0 Å². The van der Waals surface area contributed by atoms with Crippen LogP contribution >= 0.6 is 0 Å². The van der Waals surface area contributed by atoms with Crippen LogP contribution < -0.4 is 0 Å². The van der Waals surface area contributed by atoms with Gasteiger partial charge in [-0.05, 0) is 49.5 Å². The highest BCUT2D eigenvalue weighted by molar-refractivity contribution is 6.74. The summed E-state index contributed by atoms with van der Waals surface area (Å²) in [6, 6.07) is 21.7. The molecule has 0 spiro atoms. The van der Waals surface area contributed by atoms with Crippen LogP contribution in [-0.4, -0.2) is 49.9 Å². The zero-order valence-corrected chi connectivity index (χ0v) is 23.5. The fourth-order valence-electron chi connectivity index (χ4n) is 5.34. The normalized spacial score (nSPS) is 25.5. The van der Waals surface area contributed by atoms with Crippen molar-refractivity contribution < 1.29 is 13.9 Å². The Labute approximate surface area is 213 Å². The summed E-state index contributed by atoms with van der Waals surface area (Å²) in [5, 5.41) is 0.111. The molecule has 2 heterocycles. The summed E-state index contributed by atoms with van der Waals surface area (Å²) in [6.45, 7) is 20.5. The highest BCUT2D eigenvalue weighted by Crippen LogP contribution is 2.46. The van der Waals surface area contributed by atoms with Crippen LogP contribution in [0.2, 0.25) is 18.1 Å². The zero-order chi connectivity index (χ0) is 25.4. The number of ether oxygens (including phenoxy) is 2. The first-order chi connectivity index (χ1) is 16.4. The molecule has 4 atom stereocenters. The fraction of sp³-hybridized carbons (Fsp3) is 0.533. The van der Waals surface area contributed by atoms with Crippen LogP contribution in [0.3, 0.4) is 0 Å². The molecule has 2 saturated heterocycles. The third kappa shape index (κ3) is 5.49. The van der Waals surface area contributed by atoms with Crippen molar-refractivity contribution in [3.8, 4) is 0 Å². The highest BCUT2D eigenvalue weighted by Gasteiger charge is 2.57. The van der Waals surface area contributed by atoms with Crippen molar-refractivity contribution >= 4 is 8.32 Å². The molecule has 2 aliphatic rings. The lowest BCUT2D eigenvalue weighted by molar-refractivity contribution is -0.168. The largest absolute Gasteiger partial charge is 0.412 e. The Morgan fingerprint density at radius 2 is 1.57 bits per heavy atom. The van der Waals surface area contributed by atoms with E-state index in [4.69, 9.17) is 13.9 Å². The average Bonchev–Trinajstić information content (AvgIpc) is 3.25. The second kappa shape index (κ2) is 9.95. The van der Waals surface area contributed by atoms with Crippen LogP contribution in [0.1, 0.15) is 58.2 Å². The van der Waals surface area contributed by atoms with Gasteiger partial charge in [0.05, 0.1) is 18.2 Å². The van der Waals surface area contributed by atoms with Crippen LogP contribution in [-0.2, 0) is 13.9 Å². The molecule has 2 fully saturated rings. The Morgan fingerprint density at radius 3 is 2.06 bits per heavy atom. The zero-order valence-electron chi connectivity index (χ0n) is 22.5. The summed E-state index contributed by atoms with van der Waals surface area (Å²) in [6.07, 6.45) is 2.69. The minimum Gasteiger partial charge on any atom is -0.412 e. The van der Waals surface area contributed by atoms with Gasteiger partial charge in [0, 0.05) is 6.54 Å². The first-order valence-electron chi connectivity index (χ1n) is 12.9. The summed E-state index contributed by atoms with van der Waals surface area (Å²) in [5.41, 5.74) is 2.54. The summed E-state index contributed by atoms with van der Waals surface area (Å²) >= 11 is 0. The standard InChI is InChI=1S/C30H43NO3Si/c1-9-16-24(34-35(7,8)29(2,3)4)27-28-25(32-30(5,6)33-28)21-31(27)26(22-17-12-10-13-18-22)23-19-14-11-15-20-23/h9-15,17-20,24-28H,1,16,21H2,2-8H3/t24-,25+,27+,28+/m0/s1. The molecule has 0 aromatic heterocycles. The number of benzene rings is 2. The molecule has 2 aromatic carbocycles. The van der Waals surface area contributed by atoms with Crippen LogP contribution in [0.4, 0.5) is 0 Å². The van der Waals surface area contributed by atoms with Crippen molar-refractivity contribution in [3.05, 3.63) is 84.4 Å². The maximum atomic E-state index is 7.15. The molecule has 2 aromatic rings. The minimum absolute atomic E-state index is 0.000237. The topological polar surface area (TPSA) is 30.9 Å². The van der Waals surface area contributed by atoms with Gasteiger partial charge in [-0.2, -0.15) is 0 Å². The van der Waals surface area contributed by atoms with Crippen LogP contribution in [0.25, 0.3) is 0 Å². The van der Waals surface area contributed by atoms with Crippen molar-refractivity contribution in [1.82, 2.24) is 4.90 Å². The van der Waals surface area contributed by atoms with Gasteiger partial charge in [-0.1, -0.05) is 87.5 Å².